The molecule has 0 spiro atoms. The van der Waals surface area contributed by atoms with Gasteiger partial charge in [-0.2, -0.15) is 0 Å². The first-order valence-corrected chi connectivity index (χ1v) is 5.81. The lowest BCUT2D eigenvalue weighted by atomic mass is 9.77. The summed E-state index contributed by atoms with van der Waals surface area (Å²) in [7, 11) is -0.723. The van der Waals surface area contributed by atoms with E-state index in [4.69, 9.17) is 24.9 Å². The van der Waals surface area contributed by atoms with Crippen molar-refractivity contribution in [2.75, 3.05) is 19.8 Å². The highest BCUT2D eigenvalue weighted by Gasteiger charge is 2.44. The first kappa shape index (κ1) is 14.6. The van der Waals surface area contributed by atoms with Crippen LogP contribution in [0.5, 0.6) is 5.75 Å². The van der Waals surface area contributed by atoms with Crippen LogP contribution < -0.4 is 15.9 Å². The van der Waals surface area contributed by atoms with Crippen LogP contribution in [0.4, 0.5) is 4.39 Å². The fraction of sp³-hybridized carbons (Fsp3) is 0.455. The summed E-state index contributed by atoms with van der Waals surface area (Å²) in [5.41, 5.74) is 6.96. The average Bonchev–Trinajstić information content (AvgIpc) is 2.62. The van der Waals surface area contributed by atoms with Gasteiger partial charge in [0.25, 0.3) is 0 Å². The van der Waals surface area contributed by atoms with Crippen molar-refractivity contribution in [3.8, 4) is 5.75 Å². The second kappa shape index (κ2) is 5.64. The third-order valence-electron chi connectivity index (χ3n) is 3.20. The second-order valence-electron chi connectivity index (χ2n) is 4.32. The molecule has 2 heterocycles. The molecule has 0 amide bonds. The number of aliphatic hydroxyl groups excluding tert-OH is 1. The van der Waals surface area contributed by atoms with E-state index in [2.05, 4.69) is 0 Å². The summed E-state index contributed by atoms with van der Waals surface area (Å²) in [6.45, 7) is 0.164. The van der Waals surface area contributed by atoms with Crippen molar-refractivity contribution in [3.05, 3.63) is 23.5 Å². The van der Waals surface area contributed by atoms with Crippen molar-refractivity contribution in [3.63, 3.8) is 0 Å². The highest BCUT2D eigenvalue weighted by atomic mass is 35.5. The van der Waals surface area contributed by atoms with Crippen LogP contribution in [0.2, 0.25) is 0 Å². The Kier molecular flexibility index (Phi) is 4.32. The standard InChI is InChI=1S/C11H13BFNO4.ClH/c13-8-2-1-7-9(3-14)18-12-10(7)11(8)16-5-6(4-15)17-12;/h1-2,6,9,15H,3-5,14H2;1H/t6-,9-;/m1./s1. The molecule has 0 fully saturated rings. The number of rotatable bonds is 2. The van der Waals surface area contributed by atoms with Gasteiger partial charge in [0, 0.05) is 12.0 Å². The number of aliphatic hydroxyl groups is 1. The molecular formula is C11H14BClFNO4. The molecule has 0 radical (unpaired) electrons. The monoisotopic (exact) mass is 289 g/mol. The van der Waals surface area contributed by atoms with Gasteiger partial charge in [-0.15, -0.1) is 12.4 Å². The molecule has 0 saturated heterocycles. The van der Waals surface area contributed by atoms with Gasteiger partial charge in [-0.05, 0) is 11.6 Å². The zero-order chi connectivity index (χ0) is 12.7. The van der Waals surface area contributed by atoms with E-state index in [0.717, 1.165) is 5.56 Å². The Labute approximate surface area is 116 Å². The molecule has 1 aromatic rings. The van der Waals surface area contributed by atoms with E-state index < -0.39 is 19.0 Å². The van der Waals surface area contributed by atoms with Crippen molar-refractivity contribution in [1.82, 2.24) is 0 Å². The number of hydrogen-bond acceptors (Lipinski definition) is 5. The van der Waals surface area contributed by atoms with Crippen LogP contribution in [0, 0.1) is 5.82 Å². The second-order valence-corrected chi connectivity index (χ2v) is 4.32. The lowest BCUT2D eigenvalue weighted by molar-refractivity contribution is 0.0489. The van der Waals surface area contributed by atoms with E-state index in [0.29, 0.717) is 5.46 Å². The quantitative estimate of drug-likeness (QED) is 0.734. The topological polar surface area (TPSA) is 73.9 Å². The molecule has 0 unspecified atom stereocenters. The zero-order valence-electron chi connectivity index (χ0n) is 10.0. The Morgan fingerprint density at radius 2 is 2.21 bits per heavy atom. The fourth-order valence-electron chi connectivity index (χ4n) is 2.32. The van der Waals surface area contributed by atoms with Gasteiger partial charge in [0.15, 0.2) is 11.6 Å². The van der Waals surface area contributed by atoms with E-state index >= 15 is 0 Å². The summed E-state index contributed by atoms with van der Waals surface area (Å²) in [4.78, 5) is 0. The van der Waals surface area contributed by atoms with Gasteiger partial charge in [-0.3, -0.25) is 0 Å². The summed E-state index contributed by atoms with van der Waals surface area (Å²) < 4.78 is 30.3. The molecule has 2 aliphatic rings. The predicted molar refractivity (Wildman–Crippen MR) is 69.4 cm³/mol. The third-order valence-corrected chi connectivity index (χ3v) is 3.20. The molecule has 1 aromatic carbocycles. The predicted octanol–water partition coefficient (Wildman–Crippen LogP) is -0.257. The van der Waals surface area contributed by atoms with E-state index in [1.54, 1.807) is 6.07 Å². The summed E-state index contributed by atoms with van der Waals surface area (Å²) in [6, 6.07) is 2.97. The van der Waals surface area contributed by atoms with Crippen LogP contribution in [-0.2, 0) is 9.31 Å². The Balaban J connectivity index is 0.00000133. The van der Waals surface area contributed by atoms with Gasteiger partial charge >= 0.3 is 7.12 Å². The molecule has 8 heteroatoms. The fourth-order valence-corrected chi connectivity index (χ4v) is 2.32. The van der Waals surface area contributed by atoms with Crippen molar-refractivity contribution >= 4 is 25.0 Å². The number of hydrogen-bond donors (Lipinski definition) is 2. The van der Waals surface area contributed by atoms with Gasteiger partial charge in [0.2, 0.25) is 0 Å². The number of halogens is 2. The maximum Gasteiger partial charge on any atom is 0.499 e. The minimum absolute atomic E-state index is 0. The van der Waals surface area contributed by atoms with Crippen molar-refractivity contribution in [2.45, 2.75) is 12.2 Å². The van der Waals surface area contributed by atoms with E-state index in [9.17, 15) is 4.39 Å². The lowest BCUT2D eigenvalue weighted by Crippen LogP contribution is -2.36. The molecular weight excluding hydrogens is 275 g/mol. The average molecular weight is 289 g/mol. The van der Waals surface area contributed by atoms with Crippen LogP contribution >= 0.6 is 12.4 Å². The first-order valence-electron chi connectivity index (χ1n) is 5.81. The third kappa shape index (κ3) is 2.32. The largest absolute Gasteiger partial charge is 0.499 e. The number of ether oxygens (including phenoxy) is 1. The summed E-state index contributed by atoms with van der Waals surface area (Å²) >= 11 is 0. The Bertz CT molecular complexity index is 478. The SMILES string of the molecule is Cl.NC[C@H]1OB2O[C@H](CO)COc3c(F)ccc1c32. The Morgan fingerprint density at radius 1 is 1.42 bits per heavy atom. The molecule has 2 atom stereocenters. The number of nitrogens with two attached hydrogens (primary N) is 1. The molecule has 0 aromatic heterocycles. The van der Waals surface area contributed by atoms with E-state index in [1.165, 1.54) is 6.07 Å². The maximum atomic E-state index is 13.8. The van der Waals surface area contributed by atoms with Crippen molar-refractivity contribution in [1.29, 1.82) is 0 Å². The highest BCUT2D eigenvalue weighted by molar-refractivity contribution is 6.64. The van der Waals surface area contributed by atoms with E-state index in [1.807, 2.05) is 0 Å². The van der Waals surface area contributed by atoms with Crippen LogP contribution in [0.15, 0.2) is 12.1 Å². The zero-order valence-corrected chi connectivity index (χ0v) is 10.9. The molecule has 104 valence electrons. The van der Waals surface area contributed by atoms with Crippen LogP contribution in [0.3, 0.4) is 0 Å². The van der Waals surface area contributed by atoms with Crippen LogP contribution in [-0.4, -0.2) is 38.1 Å². The molecule has 0 bridgehead atoms. The number of benzene rings is 1. The molecule has 5 nitrogen and oxygen atoms in total. The molecule has 3 rings (SSSR count). The summed E-state index contributed by atoms with van der Waals surface area (Å²) in [5, 5.41) is 9.14. The normalized spacial score (nSPS) is 24.3. The van der Waals surface area contributed by atoms with Crippen LogP contribution in [0.25, 0.3) is 0 Å². The van der Waals surface area contributed by atoms with E-state index in [-0.39, 0.29) is 44.0 Å². The first-order chi connectivity index (χ1) is 8.74. The van der Waals surface area contributed by atoms with Crippen molar-refractivity contribution < 1.29 is 23.5 Å². The summed E-state index contributed by atoms with van der Waals surface area (Å²) in [5.74, 6) is -0.313. The Morgan fingerprint density at radius 3 is 2.89 bits per heavy atom. The highest BCUT2D eigenvalue weighted by Crippen LogP contribution is 2.32. The minimum Gasteiger partial charge on any atom is -0.488 e. The Hall–Kier alpha value is -0.855. The summed E-state index contributed by atoms with van der Waals surface area (Å²) in [6.07, 6.45) is -0.864. The minimum atomic E-state index is -0.723. The van der Waals surface area contributed by atoms with Crippen LogP contribution in [0.1, 0.15) is 11.7 Å². The smallest absolute Gasteiger partial charge is 0.488 e. The van der Waals surface area contributed by atoms with Crippen molar-refractivity contribution in [2.24, 2.45) is 5.73 Å². The molecule has 0 saturated carbocycles. The van der Waals surface area contributed by atoms with Gasteiger partial charge < -0.3 is 24.9 Å². The maximum absolute atomic E-state index is 13.8. The molecule has 3 N–H and O–H groups in total. The molecule has 19 heavy (non-hydrogen) atoms. The lowest BCUT2D eigenvalue weighted by Gasteiger charge is -2.16. The van der Waals surface area contributed by atoms with Gasteiger partial charge in [0.05, 0.1) is 12.7 Å². The van der Waals surface area contributed by atoms with Gasteiger partial charge in [-0.1, -0.05) is 6.07 Å². The van der Waals surface area contributed by atoms with Gasteiger partial charge in [0.1, 0.15) is 12.7 Å². The molecule has 0 aliphatic carbocycles. The molecule has 2 aliphatic heterocycles. The van der Waals surface area contributed by atoms with Gasteiger partial charge in [-0.25, -0.2) is 4.39 Å².